The summed E-state index contributed by atoms with van der Waals surface area (Å²) in [5.74, 6) is 0. The van der Waals surface area contributed by atoms with Gasteiger partial charge in [0.1, 0.15) is 6.29 Å². The zero-order chi connectivity index (χ0) is 8.04. The van der Waals surface area contributed by atoms with Gasteiger partial charge in [-0.15, -0.1) is 0 Å². The fraction of sp³-hybridized carbons (Fsp3) is 0.667. The van der Waals surface area contributed by atoms with Gasteiger partial charge in [-0.05, 0) is 17.9 Å². The Balaban J connectivity index is 3.84. The molecule has 0 aromatic heterocycles. The van der Waals surface area contributed by atoms with E-state index in [1.807, 2.05) is 6.08 Å². The van der Waals surface area contributed by atoms with Crippen LogP contribution in [0.15, 0.2) is 12.2 Å². The maximum Gasteiger partial charge on any atom is 0.142 e. The highest BCUT2D eigenvalue weighted by atomic mass is 16.1. The molecule has 0 aliphatic rings. The molecule has 0 spiro atoms. The van der Waals surface area contributed by atoms with Crippen molar-refractivity contribution in [2.75, 3.05) is 0 Å². The van der Waals surface area contributed by atoms with E-state index in [-0.39, 0.29) is 5.41 Å². The van der Waals surface area contributed by atoms with E-state index >= 15 is 0 Å². The molecule has 0 atom stereocenters. The summed E-state index contributed by atoms with van der Waals surface area (Å²) < 4.78 is 0. The minimum Gasteiger partial charge on any atom is -0.299 e. The number of allylic oxidation sites excluding steroid dienone is 2. The van der Waals surface area contributed by atoms with Gasteiger partial charge in [0.15, 0.2) is 0 Å². The third-order valence-corrected chi connectivity index (χ3v) is 1.52. The molecular weight excluding hydrogens is 124 g/mol. The Morgan fingerprint density at radius 1 is 1.40 bits per heavy atom. The first-order valence-corrected chi connectivity index (χ1v) is 3.75. The summed E-state index contributed by atoms with van der Waals surface area (Å²) in [6.45, 7) is 6.42. The second-order valence-corrected chi connectivity index (χ2v) is 3.23. The zero-order valence-corrected chi connectivity index (χ0v) is 7.05. The predicted octanol–water partition coefficient (Wildman–Crippen LogP) is 2.57. The van der Waals surface area contributed by atoms with E-state index in [4.69, 9.17) is 0 Å². The van der Waals surface area contributed by atoms with Gasteiger partial charge in [0.05, 0.1) is 0 Å². The Morgan fingerprint density at radius 3 is 2.40 bits per heavy atom. The van der Waals surface area contributed by atoms with Crippen LogP contribution in [0.1, 0.15) is 33.6 Å². The maximum absolute atomic E-state index is 9.97. The van der Waals surface area contributed by atoms with Crippen molar-refractivity contribution in [3.63, 3.8) is 0 Å². The van der Waals surface area contributed by atoms with Crippen molar-refractivity contribution in [1.29, 1.82) is 0 Å². The SMILES string of the molecule is CCCC(C)(C)C=CC=O. The van der Waals surface area contributed by atoms with Crippen LogP contribution >= 0.6 is 0 Å². The largest absolute Gasteiger partial charge is 0.299 e. The van der Waals surface area contributed by atoms with Crippen molar-refractivity contribution in [2.24, 2.45) is 5.41 Å². The van der Waals surface area contributed by atoms with Crippen LogP contribution in [0.5, 0.6) is 0 Å². The Bertz CT molecular complexity index is 123. The molecule has 10 heavy (non-hydrogen) atoms. The Labute approximate surface area is 63.1 Å². The van der Waals surface area contributed by atoms with E-state index in [1.54, 1.807) is 6.08 Å². The first-order valence-electron chi connectivity index (χ1n) is 3.75. The standard InChI is InChI=1S/C9H16O/c1-4-6-9(2,3)7-5-8-10/h5,7-8H,4,6H2,1-3H3. The molecule has 0 aromatic carbocycles. The first kappa shape index (κ1) is 9.41. The van der Waals surface area contributed by atoms with Gasteiger partial charge in [-0.3, -0.25) is 4.79 Å². The second kappa shape index (κ2) is 4.26. The summed E-state index contributed by atoms with van der Waals surface area (Å²) in [7, 11) is 0. The smallest absolute Gasteiger partial charge is 0.142 e. The van der Waals surface area contributed by atoms with Crippen molar-refractivity contribution >= 4 is 6.29 Å². The van der Waals surface area contributed by atoms with Gasteiger partial charge >= 0.3 is 0 Å². The fourth-order valence-electron chi connectivity index (χ4n) is 1.03. The highest BCUT2D eigenvalue weighted by molar-refractivity contribution is 5.64. The van der Waals surface area contributed by atoms with E-state index in [0.717, 1.165) is 19.1 Å². The number of rotatable bonds is 4. The molecule has 0 radical (unpaired) electrons. The molecule has 0 aromatic rings. The van der Waals surface area contributed by atoms with E-state index in [1.165, 1.54) is 0 Å². The van der Waals surface area contributed by atoms with Crippen LogP contribution in [0.25, 0.3) is 0 Å². The molecule has 1 nitrogen and oxygen atoms in total. The highest BCUT2D eigenvalue weighted by Crippen LogP contribution is 2.22. The summed E-state index contributed by atoms with van der Waals surface area (Å²) in [6, 6.07) is 0. The Kier molecular flexibility index (Phi) is 4.01. The van der Waals surface area contributed by atoms with Crippen molar-refractivity contribution in [3.8, 4) is 0 Å². The van der Waals surface area contributed by atoms with Gasteiger partial charge in [-0.2, -0.15) is 0 Å². The van der Waals surface area contributed by atoms with Crippen LogP contribution in [0, 0.1) is 5.41 Å². The minimum absolute atomic E-state index is 0.190. The van der Waals surface area contributed by atoms with Gasteiger partial charge in [0.2, 0.25) is 0 Å². The molecule has 0 heterocycles. The van der Waals surface area contributed by atoms with Crippen LogP contribution in [-0.4, -0.2) is 6.29 Å². The van der Waals surface area contributed by atoms with Crippen molar-refractivity contribution < 1.29 is 4.79 Å². The number of hydrogen-bond donors (Lipinski definition) is 0. The van der Waals surface area contributed by atoms with Gasteiger partial charge in [0.25, 0.3) is 0 Å². The summed E-state index contributed by atoms with van der Waals surface area (Å²) >= 11 is 0. The van der Waals surface area contributed by atoms with Crippen molar-refractivity contribution in [1.82, 2.24) is 0 Å². The molecule has 58 valence electrons. The molecule has 0 saturated carbocycles. The van der Waals surface area contributed by atoms with Gasteiger partial charge in [-0.25, -0.2) is 0 Å². The highest BCUT2D eigenvalue weighted by Gasteiger charge is 2.10. The molecule has 0 saturated heterocycles. The molecule has 0 bridgehead atoms. The average molecular weight is 140 g/mol. The van der Waals surface area contributed by atoms with E-state index in [9.17, 15) is 4.79 Å². The molecule has 0 aliphatic carbocycles. The topological polar surface area (TPSA) is 17.1 Å². The lowest BCUT2D eigenvalue weighted by molar-refractivity contribution is -0.104. The lowest BCUT2D eigenvalue weighted by Crippen LogP contribution is -2.05. The van der Waals surface area contributed by atoms with Crippen LogP contribution in [0.2, 0.25) is 0 Å². The molecule has 0 rings (SSSR count). The van der Waals surface area contributed by atoms with E-state index < -0.39 is 0 Å². The Hall–Kier alpha value is -0.590. The third-order valence-electron chi connectivity index (χ3n) is 1.52. The monoisotopic (exact) mass is 140 g/mol. The average Bonchev–Trinajstić information content (AvgIpc) is 1.84. The maximum atomic E-state index is 9.97. The molecule has 0 unspecified atom stereocenters. The van der Waals surface area contributed by atoms with E-state index in [2.05, 4.69) is 20.8 Å². The summed E-state index contributed by atoms with van der Waals surface area (Å²) in [6.07, 6.45) is 6.67. The van der Waals surface area contributed by atoms with Crippen LogP contribution in [-0.2, 0) is 4.79 Å². The zero-order valence-electron chi connectivity index (χ0n) is 7.05. The summed E-state index contributed by atoms with van der Waals surface area (Å²) in [4.78, 5) is 9.97. The third kappa shape index (κ3) is 4.30. The summed E-state index contributed by atoms with van der Waals surface area (Å²) in [5, 5.41) is 0. The van der Waals surface area contributed by atoms with Crippen LogP contribution in [0.4, 0.5) is 0 Å². The number of aldehydes is 1. The molecule has 0 amide bonds. The van der Waals surface area contributed by atoms with Crippen molar-refractivity contribution in [2.45, 2.75) is 33.6 Å². The minimum atomic E-state index is 0.190. The van der Waals surface area contributed by atoms with Gasteiger partial charge in [-0.1, -0.05) is 33.3 Å². The number of hydrogen-bond acceptors (Lipinski definition) is 1. The number of carbonyl (C=O) groups is 1. The second-order valence-electron chi connectivity index (χ2n) is 3.23. The molecular formula is C9H16O. The normalized spacial score (nSPS) is 12.3. The number of carbonyl (C=O) groups excluding carboxylic acids is 1. The Morgan fingerprint density at radius 2 is 2.00 bits per heavy atom. The lowest BCUT2D eigenvalue weighted by Gasteiger charge is -2.17. The first-order chi connectivity index (χ1) is 4.62. The van der Waals surface area contributed by atoms with Crippen LogP contribution < -0.4 is 0 Å². The van der Waals surface area contributed by atoms with Gasteiger partial charge < -0.3 is 0 Å². The molecule has 1 heteroatoms. The van der Waals surface area contributed by atoms with Crippen LogP contribution in [0.3, 0.4) is 0 Å². The quantitative estimate of drug-likeness (QED) is 0.433. The van der Waals surface area contributed by atoms with Crippen molar-refractivity contribution in [3.05, 3.63) is 12.2 Å². The molecule has 0 fully saturated rings. The molecule has 0 aliphatic heterocycles. The predicted molar refractivity (Wildman–Crippen MR) is 43.9 cm³/mol. The van der Waals surface area contributed by atoms with Gasteiger partial charge in [0, 0.05) is 0 Å². The van der Waals surface area contributed by atoms with E-state index in [0.29, 0.717) is 0 Å². The lowest BCUT2D eigenvalue weighted by atomic mass is 9.88. The molecule has 0 N–H and O–H groups in total. The summed E-state index contributed by atoms with van der Waals surface area (Å²) in [5.41, 5.74) is 0.190. The fourth-order valence-corrected chi connectivity index (χ4v) is 1.03.